The molecule has 0 saturated carbocycles. The van der Waals surface area contributed by atoms with E-state index in [1.54, 1.807) is 0 Å². The second kappa shape index (κ2) is 11.8. The molecule has 8 heteroatoms. The maximum atomic E-state index is 12.3. The lowest BCUT2D eigenvalue weighted by atomic mass is 10.0. The third kappa shape index (κ3) is 9.14. The highest BCUT2D eigenvalue weighted by Crippen LogP contribution is 2.20. The van der Waals surface area contributed by atoms with E-state index in [-0.39, 0.29) is 12.0 Å². The molecule has 2 rings (SSSR count). The van der Waals surface area contributed by atoms with E-state index in [1.165, 1.54) is 24.4 Å². The van der Waals surface area contributed by atoms with Crippen molar-refractivity contribution in [2.45, 2.75) is 58.6 Å². The van der Waals surface area contributed by atoms with Crippen LogP contribution >= 0.6 is 23.5 Å². The number of nitrogens with zero attached hydrogens (tertiary/aromatic N) is 2. The van der Waals surface area contributed by atoms with Crippen molar-refractivity contribution in [2.24, 2.45) is 0 Å². The van der Waals surface area contributed by atoms with E-state index in [9.17, 15) is 9.59 Å². The third-order valence-electron chi connectivity index (χ3n) is 4.93. The van der Waals surface area contributed by atoms with Crippen LogP contribution in [0.4, 0.5) is 4.79 Å². The van der Waals surface area contributed by atoms with Crippen molar-refractivity contribution >= 4 is 35.5 Å². The van der Waals surface area contributed by atoms with Gasteiger partial charge >= 0.3 is 6.09 Å². The van der Waals surface area contributed by atoms with Crippen LogP contribution in [0.3, 0.4) is 0 Å². The van der Waals surface area contributed by atoms with Crippen LogP contribution in [-0.4, -0.2) is 65.4 Å². The summed E-state index contributed by atoms with van der Waals surface area (Å²) in [4.78, 5) is 27.8. The van der Waals surface area contributed by atoms with Gasteiger partial charge in [-0.1, -0.05) is 23.7 Å². The lowest BCUT2D eigenvalue weighted by Gasteiger charge is -2.39. The third-order valence-corrected chi connectivity index (χ3v) is 6.00. The van der Waals surface area contributed by atoms with Gasteiger partial charge in [0.25, 0.3) is 0 Å². The van der Waals surface area contributed by atoms with Gasteiger partial charge in [0.1, 0.15) is 5.60 Å². The smallest absolute Gasteiger partial charge is 0.410 e. The van der Waals surface area contributed by atoms with Crippen LogP contribution in [0.5, 0.6) is 0 Å². The van der Waals surface area contributed by atoms with Crippen LogP contribution in [0.15, 0.2) is 24.3 Å². The molecule has 0 atom stereocenters. The average Bonchev–Trinajstić information content (AvgIpc) is 2.67. The maximum absolute atomic E-state index is 12.3. The van der Waals surface area contributed by atoms with Gasteiger partial charge in [0.2, 0.25) is 5.91 Å². The number of benzene rings is 1. The topological polar surface area (TPSA) is 61.9 Å². The van der Waals surface area contributed by atoms with E-state index < -0.39 is 5.60 Å². The summed E-state index contributed by atoms with van der Waals surface area (Å²) in [5.41, 5.74) is 0.782. The maximum Gasteiger partial charge on any atom is 0.410 e. The van der Waals surface area contributed by atoms with Crippen molar-refractivity contribution in [3.8, 4) is 0 Å². The summed E-state index contributed by atoms with van der Waals surface area (Å²) in [7, 11) is 0. The van der Waals surface area contributed by atoms with Crippen molar-refractivity contribution in [1.29, 1.82) is 0 Å². The molecule has 1 saturated heterocycles. The van der Waals surface area contributed by atoms with E-state index in [1.807, 2.05) is 37.8 Å². The zero-order valence-electron chi connectivity index (χ0n) is 18.4. The molecule has 1 aromatic carbocycles. The molecule has 6 nitrogen and oxygen atoms in total. The number of halogens is 1. The van der Waals surface area contributed by atoms with Crippen LogP contribution in [0.2, 0.25) is 5.02 Å². The van der Waals surface area contributed by atoms with E-state index in [0.717, 1.165) is 43.1 Å². The molecule has 0 bridgehead atoms. The summed E-state index contributed by atoms with van der Waals surface area (Å²) in [5.74, 6) is 0.797. The van der Waals surface area contributed by atoms with Gasteiger partial charge in [-0.2, -0.15) is 0 Å². The molecule has 0 radical (unpaired) electrons. The minimum Gasteiger partial charge on any atom is -0.444 e. The molecule has 0 spiro atoms. The van der Waals surface area contributed by atoms with Crippen LogP contribution in [0.1, 0.15) is 46.1 Å². The summed E-state index contributed by atoms with van der Waals surface area (Å²) in [6.45, 7) is 10.4. The number of piperidine rings is 1. The first kappa shape index (κ1) is 24.8. The van der Waals surface area contributed by atoms with E-state index in [2.05, 4.69) is 21.8 Å². The number of rotatable bonds is 8. The lowest BCUT2D eigenvalue weighted by Crippen LogP contribution is -2.49. The van der Waals surface area contributed by atoms with Crippen LogP contribution < -0.4 is 4.72 Å². The van der Waals surface area contributed by atoms with E-state index in [0.29, 0.717) is 19.1 Å². The Labute approximate surface area is 189 Å². The van der Waals surface area contributed by atoms with Crippen LogP contribution in [0.25, 0.3) is 0 Å². The van der Waals surface area contributed by atoms with Gasteiger partial charge in [0.15, 0.2) is 0 Å². The van der Waals surface area contributed by atoms with Gasteiger partial charge in [-0.25, -0.2) is 4.79 Å². The molecule has 1 aromatic rings. The van der Waals surface area contributed by atoms with E-state index >= 15 is 0 Å². The standard InChI is InChI=1S/C22H34ClN3O3S/c1-17(27)24-30-16-15-25(12-9-18-5-7-19(23)8-6-18)20-10-13-26(14-11-20)21(28)29-22(2,3)4/h5-8,20H,9-16H2,1-4H3,(H,24,27). The Balaban J connectivity index is 1.90. The first-order valence-corrected chi connectivity index (χ1v) is 11.8. The van der Waals surface area contributed by atoms with Crippen molar-refractivity contribution in [2.75, 3.05) is 31.9 Å². The number of likely N-dealkylation sites (tertiary alicyclic amines) is 1. The molecule has 30 heavy (non-hydrogen) atoms. The summed E-state index contributed by atoms with van der Waals surface area (Å²) in [6.07, 6.45) is 2.55. The number of amides is 2. The molecule has 168 valence electrons. The number of carbonyl (C=O) groups excluding carboxylic acids is 2. The van der Waals surface area contributed by atoms with Crippen LogP contribution in [0, 0.1) is 0 Å². The van der Waals surface area contributed by atoms with Gasteiger partial charge in [-0.05, 0) is 69.7 Å². The monoisotopic (exact) mass is 455 g/mol. The molecule has 1 fully saturated rings. The Morgan fingerprint density at radius 1 is 1.20 bits per heavy atom. The van der Waals surface area contributed by atoms with Gasteiger partial charge in [-0.3, -0.25) is 9.69 Å². The highest BCUT2D eigenvalue weighted by molar-refractivity contribution is 7.97. The Bertz CT molecular complexity index is 686. The number of nitrogens with one attached hydrogen (secondary N) is 1. The highest BCUT2D eigenvalue weighted by atomic mass is 35.5. The highest BCUT2D eigenvalue weighted by Gasteiger charge is 2.29. The molecule has 1 aliphatic rings. The molecule has 1 heterocycles. The predicted molar refractivity (Wildman–Crippen MR) is 124 cm³/mol. The second-order valence-corrected chi connectivity index (χ2v) is 9.96. The van der Waals surface area contributed by atoms with Crippen molar-refractivity contribution < 1.29 is 14.3 Å². The Kier molecular flexibility index (Phi) is 9.78. The summed E-state index contributed by atoms with van der Waals surface area (Å²) >= 11 is 7.44. The summed E-state index contributed by atoms with van der Waals surface area (Å²) < 4.78 is 8.30. The molecule has 0 aliphatic carbocycles. The van der Waals surface area contributed by atoms with Crippen molar-refractivity contribution in [3.05, 3.63) is 34.9 Å². The Hall–Kier alpha value is -1.44. The van der Waals surface area contributed by atoms with Gasteiger partial charge in [0, 0.05) is 49.9 Å². The molecule has 0 aromatic heterocycles. The second-order valence-electron chi connectivity index (χ2n) is 8.62. The van der Waals surface area contributed by atoms with Crippen LogP contribution in [-0.2, 0) is 16.0 Å². The number of hydrogen-bond acceptors (Lipinski definition) is 5. The van der Waals surface area contributed by atoms with Crippen molar-refractivity contribution in [3.63, 3.8) is 0 Å². The van der Waals surface area contributed by atoms with Gasteiger partial charge in [0.05, 0.1) is 0 Å². The SMILES string of the molecule is CC(=O)NSCCN(CCc1ccc(Cl)cc1)C1CCN(C(=O)OC(C)(C)C)CC1. The summed E-state index contributed by atoms with van der Waals surface area (Å²) in [5, 5.41) is 0.747. The minimum atomic E-state index is -0.473. The number of ether oxygens (including phenoxy) is 1. The van der Waals surface area contributed by atoms with Gasteiger partial charge < -0.3 is 14.4 Å². The number of hydrogen-bond donors (Lipinski definition) is 1. The average molecular weight is 456 g/mol. The summed E-state index contributed by atoms with van der Waals surface area (Å²) in [6, 6.07) is 8.39. The van der Waals surface area contributed by atoms with E-state index in [4.69, 9.17) is 16.3 Å². The van der Waals surface area contributed by atoms with Crippen molar-refractivity contribution in [1.82, 2.24) is 14.5 Å². The first-order chi connectivity index (χ1) is 14.1. The normalized spacial score (nSPS) is 15.3. The first-order valence-electron chi connectivity index (χ1n) is 10.5. The molecule has 1 aliphatic heterocycles. The quantitative estimate of drug-likeness (QED) is 0.466. The Morgan fingerprint density at radius 2 is 1.83 bits per heavy atom. The fraction of sp³-hybridized carbons (Fsp3) is 0.636. The largest absolute Gasteiger partial charge is 0.444 e. The fourth-order valence-electron chi connectivity index (χ4n) is 3.46. The molecular weight excluding hydrogens is 422 g/mol. The lowest BCUT2D eigenvalue weighted by molar-refractivity contribution is -0.117. The molecule has 1 N–H and O–H groups in total. The molecular formula is C22H34ClN3O3S. The van der Waals surface area contributed by atoms with Gasteiger partial charge in [-0.15, -0.1) is 0 Å². The zero-order chi connectivity index (χ0) is 22.1. The fourth-order valence-corrected chi connectivity index (χ4v) is 4.21. The molecule has 2 amide bonds. The molecule has 0 unspecified atom stereocenters. The number of carbonyl (C=O) groups is 2. The minimum absolute atomic E-state index is 0.0293. The predicted octanol–water partition coefficient (Wildman–Crippen LogP) is 4.37. The Morgan fingerprint density at radius 3 is 2.40 bits per heavy atom. The zero-order valence-corrected chi connectivity index (χ0v) is 20.0.